The lowest BCUT2D eigenvalue weighted by Crippen LogP contribution is -2.48. The molecular formula is C13H17Br2NOS. The van der Waals surface area contributed by atoms with Crippen molar-refractivity contribution in [3.8, 4) is 0 Å². The zero-order valence-corrected chi connectivity index (χ0v) is 14.7. The first-order valence-electron chi connectivity index (χ1n) is 6.16. The van der Waals surface area contributed by atoms with E-state index >= 15 is 0 Å². The fourth-order valence-electron chi connectivity index (χ4n) is 2.58. The highest BCUT2D eigenvalue weighted by molar-refractivity contribution is 9.13. The van der Waals surface area contributed by atoms with Crippen LogP contribution in [0.3, 0.4) is 0 Å². The summed E-state index contributed by atoms with van der Waals surface area (Å²) in [6.07, 6.45) is 1.21. The van der Waals surface area contributed by atoms with Gasteiger partial charge in [0.15, 0.2) is 0 Å². The van der Waals surface area contributed by atoms with E-state index in [1.807, 2.05) is 11.0 Å². The minimum atomic E-state index is 0.164. The van der Waals surface area contributed by atoms with Gasteiger partial charge in [0.2, 0.25) is 0 Å². The molecule has 100 valence electrons. The van der Waals surface area contributed by atoms with E-state index in [1.54, 1.807) is 0 Å². The summed E-state index contributed by atoms with van der Waals surface area (Å²) >= 11 is 8.39. The molecule has 0 bridgehead atoms. The summed E-state index contributed by atoms with van der Waals surface area (Å²) in [4.78, 5) is 15.4. The molecule has 2 nitrogen and oxygen atoms in total. The third-order valence-electron chi connectivity index (χ3n) is 3.71. The maximum atomic E-state index is 12.6. The second-order valence-electron chi connectivity index (χ2n) is 5.25. The van der Waals surface area contributed by atoms with E-state index in [4.69, 9.17) is 0 Å². The molecule has 1 aromatic heterocycles. The zero-order chi connectivity index (χ0) is 13.4. The van der Waals surface area contributed by atoms with E-state index in [0.29, 0.717) is 17.9 Å². The molecule has 1 aliphatic rings. The van der Waals surface area contributed by atoms with Gasteiger partial charge in [-0.25, -0.2) is 0 Å². The third kappa shape index (κ3) is 2.83. The van der Waals surface area contributed by atoms with E-state index in [9.17, 15) is 4.79 Å². The number of likely N-dealkylation sites (tertiary alicyclic amines) is 1. The number of thiophene rings is 1. The van der Waals surface area contributed by atoms with E-state index in [0.717, 1.165) is 19.7 Å². The van der Waals surface area contributed by atoms with Gasteiger partial charge in [-0.15, -0.1) is 11.3 Å². The van der Waals surface area contributed by atoms with Crippen LogP contribution in [0.5, 0.6) is 0 Å². The Kier molecular flexibility index (Phi) is 4.55. The van der Waals surface area contributed by atoms with Crippen LogP contribution in [0, 0.1) is 11.8 Å². The van der Waals surface area contributed by atoms with Gasteiger partial charge < -0.3 is 4.90 Å². The van der Waals surface area contributed by atoms with Gasteiger partial charge in [0.25, 0.3) is 5.91 Å². The van der Waals surface area contributed by atoms with Crippen molar-refractivity contribution in [1.82, 2.24) is 4.90 Å². The number of carbonyl (C=O) groups excluding carboxylic acids is 1. The minimum absolute atomic E-state index is 0.164. The maximum Gasteiger partial charge on any atom is 0.264 e. The van der Waals surface area contributed by atoms with Gasteiger partial charge in [0.1, 0.15) is 0 Å². The largest absolute Gasteiger partial charge is 0.335 e. The molecule has 1 saturated heterocycles. The van der Waals surface area contributed by atoms with Gasteiger partial charge in [0.05, 0.1) is 8.66 Å². The average molecular weight is 395 g/mol. The van der Waals surface area contributed by atoms with Gasteiger partial charge in [-0.3, -0.25) is 4.79 Å². The Bertz CT molecular complexity index is 440. The number of nitrogens with zero attached hydrogens (tertiary/aromatic N) is 1. The van der Waals surface area contributed by atoms with Crippen molar-refractivity contribution in [3.63, 3.8) is 0 Å². The summed E-state index contributed by atoms with van der Waals surface area (Å²) in [7, 11) is 0. The van der Waals surface area contributed by atoms with Crippen LogP contribution in [0.4, 0.5) is 0 Å². The van der Waals surface area contributed by atoms with E-state index in [1.165, 1.54) is 17.8 Å². The number of rotatable bonds is 1. The Labute approximate surface area is 129 Å². The molecule has 18 heavy (non-hydrogen) atoms. The van der Waals surface area contributed by atoms with E-state index in [-0.39, 0.29) is 5.91 Å². The van der Waals surface area contributed by atoms with Crippen molar-refractivity contribution in [2.24, 2.45) is 11.8 Å². The minimum Gasteiger partial charge on any atom is -0.335 e. The Morgan fingerprint density at radius 2 is 2.06 bits per heavy atom. The molecule has 0 N–H and O–H groups in total. The Balaban J connectivity index is 2.22. The second-order valence-corrected chi connectivity index (χ2v) is 8.47. The molecule has 0 spiro atoms. The van der Waals surface area contributed by atoms with Crippen LogP contribution in [0.25, 0.3) is 0 Å². The number of hydrogen-bond acceptors (Lipinski definition) is 2. The molecule has 0 aromatic carbocycles. The standard InChI is InChI=1S/C13H17Br2NOS/c1-7-4-8(2)9(3)16(6-7)13(17)11-5-10(14)12(15)18-11/h5,7-9H,4,6H2,1-3H3. The van der Waals surface area contributed by atoms with E-state index in [2.05, 4.69) is 52.6 Å². The van der Waals surface area contributed by atoms with Crippen LogP contribution in [-0.2, 0) is 0 Å². The highest BCUT2D eigenvalue weighted by atomic mass is 79.9. The normalized spacial score (nSPS) is 28.5. The van der Waals surface area contributed by atoms with Crippen molar-refractivity contribution in [1.29, 1.82) is 0 Å². The van der Waals surface area contributed by atoms with Crippen LogP contribution >= 0.6 is 43.2 Å². The molecule has 3 unspecified atom stereocenters. The summed E-state index contributed by atoms with van der Waals surface area (Å²) in [6, 6.07) is 2.24. The molecule has 0 radical (unpaired) electrons. The molecule has 2 rings (SSSR count). The first-order valence-corrected chi connectivity index (χ1v) is 8.56. The van der Waals surface area contributed by atoms with Crippen molar-refractivity contribution in [2.45, 2.75) is 33.2 Å². The molecule has 0 saturated carbocycles. The molecule has 1 aromatic rings. The molecule has 1 aliphatic heterocycles. The van der Waals surface area contributed by atoms with Crippen LogP contribution in [0.1, 0.15) is 36.9 Å². The summed E-state index contributed by atoms with van der Waals surface area (Å²) in [5.74, 6) is 1.33. The summed E-state index contributed by atoms with van der Waals surface area (Å²) < 4.78 is 1.94. The Morgan fingerprint density at radius 1 is 1.39 bits per heavy atom. The summed E-state index contributed by atoms with van der Waals surface area (Å²) in [5.41, 5.74) is 0. The van der Waals surface area contributed by atoms with Gasteiger partial charge in [-0.1, -0.05) is 13.8 Å². The second kappa shape index (κ2) is 5.63. The van der Waals surface area contributed by atoms with Crippen molar-refractivity contribution in [3.05, 3.63) is 19.2 Å². The quantitative estimate of drug-likeness (QED) is 0.671. The average Bonchev–Trinajstić information content (AvgIpc) is 2.63. The molecule has 0 aliphatic carbocycles. The van der Waals surface area contributed by atoms with Crippen molar-refractivity contribution < 1.29 is 4.79 Å². The first kappa shape index (κ1) is 14.5. The highest BCUT2D eigenvalue weighted by Gasteiger charge is 2.33. The first-order chi connectivity index (χ1) is 8.40. The van der Waals surface area contributed by atoms with Gasteiger partial charge in [-0.05, 0) is 63.1 Å². The summed E-state index contributed by atoms with van der Waals surface area (Å²) in [6.45, 7) is 7.49. The van der Waals surface area contributed by atoms with Gasteiger partial charge in [-0.2, -0.15) is 0 Å². The zero-order valence-electron chi connectivity index (χ0n) is 10.7. The monoisotopic (exact) mass is 393 g/mol. The Hall–Kier alpha value is 0.130. The topological polar surface area (TPSA) is 20.3 Å². The molecule has 5 heteroatoms. The predicted octanol–water partition coefficient (Wildman–Crippen LogP) is 4.78. The summed E-state index contributed by atoms with van der Waals surface area (Å²) in [5, 5.41) is 0. The number of halogens is 2. The smallest absolute Gasteiger partial charge is 0.264 e. The molecular weight excluding hydrogens is 378 g/mol. The molecule has 1 fully saturated rings. The Morgan fingerprint density at radius 3 is 2.61 bits per heavy atom. The van der Waals surface area contributed by atoms with Crippen LogP contribution in [0.15, 0.2) is 14.3 Å². The molecule has 1 amide bonds. The van der Waals surface area contributed by atoms with Crippen LogP contribution < -0.4 is 0 Å². The maximum absolute atomic E-state index is 12.6. The van der Waals surface area contributed by atoms with Gasteiger partial charge in [0, 0.05) is 17.1 Å². The van der Waals surface area contributed by atoms with Gasteiger partial charge >= 0.3 is 0 Å². The van der Waals surface area contributed by atoms with Crippen molar-refractivity contribution >= 4 is 49.1 Å². The molecule has 3 atom stereocenters. The lowest BCUT2D eigenvalue weighted by atomic mass is 9.86. The number of carbonyl (C=O) groups is 1. The highest BCUT2D eigenvalue weighted by Crippen LogP contribution is 2.35. The van der Waals surface area contributed by atoms with Crippen LogP contribution in [0.2, 0.25) is 0 Å². The SMILES string of the molecule is CC1CC(C)C(C)N(C(=O)c2cc(Br)c(Br)s2)C1. The lowest BCUT2D eigenvalue weighted by molar-refractivity contribution is 0.0460. The van der Waals surface area contributed by atoms with E-state index < -0.39 is 0 Å². The number of hydrogen-bond donors (Lipinski definition) is 0. The van der Waals surface area contributed by atoms with Crippen LogP contribution in [-0.4, -0.2) is 23.4 Å². The van der Waals surface area contributed by atoms with Crippen molar-refractivity contribution in [2.75, 3.05) is 6.54 Å². The predicted molar refractivity (Wildman–Crippen MR) is 83.2 cm³/mol. The number of amides is 1. The third-order valence-corrected chi connectivity index (χ3v) is 6.96. The number of piperidine rings is 1. The fraction of sp³-hybridized carbons (Fsp3) is 0.615. The molecule has 2 heterocycles. The fourth-order valence-corrected chi connectivity index (χ4v) is 4.57. The lowest BCUT2D eigenvalue weighted by Gasteiger charge is -2.40.